The number of hydrogen-bond acceptors (Lipinski definition) is 4. The zero-order valence-electron chi connectivity index (χ0n) is 16.1. The molecule has 144 valence electrons. The number of amides is 2. The summed E-state index contributed by atoms with van der Waals surface area (Å²) in [4.78, 5) is 14.3. The third kappa shape index (κ3) is 4.27. The van der Waals surface area contributed by atoms with Gasteiger partial charge in [-0.05, 0) is 41.7 Å². The molecule has 0 radical (unpaired) electrons. The van der Waals surface area contributed by atoms with Gasteiger partial charge >= 0.3 is 6.03 Å². The number of benzene rings is 2. The third-order valence-electron chi connectivity index (χ3n) is 4.83. The molecule has 2 amide bonds. The number of nitrogens with zero attached hydrogens (tertiary/aromatic N) is 1. The lowest BCUT2D eigenvalue weighted by molar-refractivity contribution is 0.192. The van der Waals surface area contributed by atoms with Crippen LogP contribution < -0.4 is 19.5 Å². The maximum atomic E-state index is 12.5. The van der Waals surface area contributed by atoms with Crippen LogP contribution >= 0.6 is 0 Å². The highest BCUT2D eigenvalue weighted by molar-refractivity contribution is 5.74. The molecule has 0 bridgehead atoms. The largest absolute Gasteiger partial charge is 0.493 e. The first-order chi connectivity index (χ1) is 13.2. The van der Waals surface area contributed by atoms with Gasteiger partial charge in [-0.15, -0.1) is 0 Å². The smallest absolute Gasteiger partial charge is 0.317 e. The summed E-state index contributed by atoms with van der Waals surface area (Å²) in [6, 6.07) is 12.1. The summed E-state index contributed by atoms with van der Waals surface area (Å²) in [7, 11) is 4.77. The highest BCUT2D eigenvalue weighted by Crippen LogP contribution is 2.38. The first kappa shape index (κ1) is 18.9. The lowest BCUT2D eigenvalue weighted by Crippen LogP contribution is -2.43. The highest BCUT2D eigenvalue weighted by Gasteiger charge is 2.20. The van der Waals surface area contributed by atoms with Gasteiger partial charge in [0.2, 0.25) is 5.75 Å². The molecule has 6 nitrogen and oxygen atoms in total. The first-order valence-corrected chi connectivity index (χ1v) is 9.04. The number of carbonyl (C=O) groups excluding carboxylic acids is 1. The number of carbonyl (C=O) groups is 1. The monoisotopic (exact) mass is 370 g/mol. The van der Waals surface area contributed by atoms with Gasteiger partial charge in [0.25, 0.3) is 0 Å². The quantitative estimate of drug-likeness (QED) is 0.849. The van der Waals surface area contributed by atoms with E-state index >= 15 is 0 Å². The van der Waals surface area contributed by atoms with Gasteiger partial charge in [-0.2, -0.15) is 0 Å². The highest BCUT2D eigenvalue weighted by atomic mass is 16.5. The van der Waals surface area contributed by atoms with Crippen molar-refractivity contribution < 1.29 is 19.0 Å². The molecular formula is C21H26N2O4. The molecule has 1 N–H and O–H groups in total. The van der Waals surface area contributed by atoms with Crippen LogP contribution in [0.25, 0.3) is 0 Å². The fraction of sp³-hybridized carbons (Fsp3) is 0.381. The molecule has 0 spiro atoms. The molecule has 0 saturated carbocycles. The van der Waals surface area contributed by atoms with Crippen molar-refractivity contribution in [1.29, 1.82) is 0 Å². The van der Waals surface area contributed by atoms with E-state index in [-0.39, 0.29) is 6.03 Å². The lowest BCUT2D eigenvalue weighted by Gasteiger charge is -2.29. The van der Waals surface area contributed by atoms with Crippen LogP contribution in [0.2, 0.25) is 0 Å². The fourth-order valence-electron chi connectivity index (χ4n) is 3.37. The van der Waals surface area contributed by atoms with Gasteiger partial charge in [0.1, 0.15) is 0 Å². The number of ether oxygens (including phenoxy) is 3. The Labute approximate surface area is 160 Å². The van der Waals surface area contributed by atoms with E-state index in [9.17, 15) is 4.79 Å². The first-order valence-electron chi connectivity index (χ1n) is 9.04. The van der Waals surface area contributed by atoms with Crippen LogP contribution in [0.1, 0.15) is 16.7 Å². The van der Waals surface area contributed by atoms with Gasteiger partial charge in [-0.1, -0.05) is 24.3 Å². The van der Waals surface area contributed by atoms with Crippen molar-refractivity contribution in [1.82, 2.24) is 10.2 Å². The van der Waals surface area contributed by atoms with E-state index in [2.05, 4.69) is 17.4 Å². The summed E-state index contributed by atoms with van der Waals surface area (Å²) in [6.07, 6.45) is 1.57. The predicted octanol–water partition coefficient (Wildman–Crippen LogP) is 3.02. The Balaban J connectivity index is 1.58. The van der Waals surface area contributed by atoms with Crippen molar-refractivity contribution in [3.8, 4) is 17.2 Å². The molecule has 1 aliphatic rings. The molecule has 2 aromatic rings. The van der Waals surface area contributed by atoms with Crippen LogP contribution in [0.15, 0.2) is 36.4 Å². The predicted molar refractivity (Wildman–Crippen MR) is 104 cm³/mol. The normalized spacial score (nSPS) is 12.9. The van der Waals surface area contributed by atoms with Crippen LogP contribution in [-0.4, -0.2) is 45.3 Å². The molecule has 3 rings (SSSR count). The minimum Gasteiger partial charge on any atom is -0.493 e. The van der Waals surface area contributed by atoms with Crippen molar-refractivity contribution in [3.05, 3.63) is 53.1 Å². The van der Waals surface area contributed by atoms with E-state index in [4.69, 9.17) is 14.2 Å². The minimum atomic E-state index is -0.0306. The molecule has 0 atom stereocenters. The summed E-state index contributed by atoms with van der Waals surface area (Å²) >= 11 is 0. The van der Waals surface area contributed by atoms with E-state index in [1.807, 2.05) is 29.2 Å². The second kappa shape index (κ2) is 8.66. The van der Waals surface area contributed by atoms with E-state index in [0.29, 0.717) is 36.8 Å². The number of hydrogen-bond donors (Lipinski definition) is 1. The molecule has 2 aromatic carbocycles. The van der Waals surface area contributed by atoms with Gasteiger partial charge in [-0.25, -0.2) is 4.79 Å². The Kier molecular flexibility index (Phi) is 6.06. The van der Waals surface area contributed by atoms with E-state index in [1.54, 1.807) is 21.3 Å². The Bertz CT molecular complexity index is 782. The molecule has 1 aliphatic heterocycles. The summed E-state index contributed by atoms with van der Waals surface area (Å²) in [6.45, 7) is 1.94. The molecule has 0 aromatic heterocycles. The SMILES string of the molecule is COc1cc(CCNC(=O)N2CCc3ccccc3C2)cc(OC)c1OC. The van der Waals surface area contributed by atoms with Crippen LogP contribution in [0.5, 0.6) is 17.2 Å². The van der Waals surface area contributed by atoms with Crippen molar-refractivity contribution >= 4 is 6.03 Å². The average Bonchev–Trinajstić information content (AvgIpc) is 2.72. The average molecular weight is 370 g/mol. The molecule has 0 saturated heterocycles. The molecule has 27 heavy (non-hydrogen) atoms. The Morgan fingerprint density at radius 1 is 1.04 bits per heavy atom. The number of urea groups is 1. The minimum absolute atomic E-state index is 0.0306. The van der Waals surface area contributed by atoms with Gasteiger partial charge in [-0.3, -0.25) is 0 Å². The maximum absolute atomic E-state index is 12.5. The maximum Gasteiger partial charge on any atom is 0.317 e. The summed E-state index contributed by atoms with van der Waals surface area (Å²) in [5.74, 6) is 1.80. The van der Waals surface area contributed by atoms with Gasteiger partial charge in [0, 0.05) is 19.6 Å². The van der Waals surface area contributed by atoms with Crippen molar-refractivity contribution in [3.63, 3.8) is 0 Å². The second-order valence-electron chi connectivity index (χ2n) is 6.46. The standard InChI is InChI=1S/C21H26N2O4/c1-25-18-12-15(13-19(26-2)20(18)27-3)8-10-22-21(24)23-11-9-16-6-4-5-7-17(16)14-23/h4-7,12-13H,8-11,14H2,1-3H3,(H,22,24). The van der Waals surface area contributed by atoms with Gasteiger partial charge in [0.05, 0.1) is 21.3 Å². The van der Waals surface area contributed by atoms with Crippen molar-refractivity contribution in [2.45, 2.75) is 19.4 Å². The molecule has 6 heteroatoms. The summed E-state index contributed by atoms with van der Waals surface area (Å²) in [5.41, 5.74) is 3.57. The Morgan fingerprint density at radius 2 is 1.70 bits per heavy atom. The number of nitrogens with one attached hydrogen (secondary N) is 1. The van der Waals surface area contributed by atoms with E-state index < -0.39 is 0 Å². The van der Waals surface area contributed by atoms with E-state index in [0.717, 1.165) is 18.5 Å². The molecule has 0 fully saturated rings. The molecule has 0 unspecified atom stereocenters. The Hall–Kier alpha value is -2.89. The van der Waals surface area contributed by atoms with Crippen molar-refractivity contribution in [2.24, 2.45) is 0 Å². The Morgan fingerprint density at radius 3 is 2.33 bits per heavy atom. The number of methoxy groups -OCH3 is 3. The number of rotatable bonds is 6. The third-order valence-corrected chi connectivity index (χ3v) is 4.83. The zero-order valence-corrected chi connectivity index (χ0v) is 16.1. The molecule has 0 aliphatic carbocycles. The fourth-order valence-corrected chi connectivity index (χ4v) is 3.37. The van der Waals surface area contributed by atoms with Crippen LogP contribution in [0.3, 0.4) is 0 Å². The van der Waals surface area contributed by atoms with E-state index in [1.165, 1.54) is 11.1 Å². The van der Waals surface area contributed by atoms with Gasteiger partial charge in [0.15, 0.2) is 11.5 Å². The summed E-state index contributed by atoms with van der Waals surface area (Å²) < 4.78 is 16.1. The topological polar surface area (TPSA) is 60.0 Å². The zero-order chi connectivity index (χ0) is 19.2. The van der Waals surface area contributed by atoms with Crippen LogP contribution in [0, 0.1) is 0 Å². The molecular weight excluding hydrogens is 344 g/mol. The number of fused-ring (bicyclic) bond motifs is 1. The van der Waals surface area contributed by atoms with Crippen LogP contribution in [0.4, 0.5) is 4.79 Å². The van der Waals surface area contributed by atoms with Crippen LogP contribution in [-0.2, 0) is 19.4 Å². The van der Waals surface area contributed by atoms with Crippen molar-refractivity contribution in [2.75, 3.05) is 34.4 Å². The lowest BCUT2D eigenvalue weighted by atomic mass is 10.0. The summed E-state index contributed by atoms with van der Waals surface area (Å²) in [5, 5.41) is 3.01. The second-order valence-corrected chi connectivity index (χ2v) is 6.46. The molecule has 1 heterocycles. The van der Waals surface area contributed by atoms with Gasteiger partial charge < -0.3 is 24.4 Å².